The highest BCUT2D eigenvalue weighted by molar-refractivity contribution is 9.11. The highest BCUT2D eigenvalue weighted by Crippen LogP contribution is 2.29. The molecule has 2 aromatic heterocycles. The Morgan fingerprint density at radius 2 is 2.26 bits per heavy atom. The molecule has 1 fully saturated rings. The van der Waals surface area contributed by atoms with Gasteiger partial charge in [0, 0.05) is 19.0 Å². The van der Waals surface area contributed by atoms with E-state index in [2.05, 4.69) is 26.0 Å². The van der Waals surface area contributed by atoms with E-state index in [0.717, 1.165) is 40.5 Å². The molecule has 102 valence electrons. The van der Waals surface area contributed by atoms with E-state index in [4.69, 9.17) is 4.74 Å². The molecule has 0 unspecified atom stereocenters. The van der Waals surface area contributed by atoms with Gasteiger partial charge in [-0.2, -0.15) is 0 Å². The maximum Gasteiger partial charge on any atom is 0.409 e. The number of hydrogen-bond donors (Lipinski definition) is 0. The van der Waals surface area contributed by atoms with Crippen molar-refractivity contribution in [1.82, 2.24) is 19.5 Å². The maximum atomic E-state index is 11.4. The number of ether oxygens (including phenoxy) is 1. The molecule has 2 aromatic rings. The van der Waals surface area contributed by atoms with Gasteiger partial charge in [-0.05, 0) is 28.8 Å². The monoisotopic (exact) mass is 344 g/mol. The van der Waals surface area contributed by atoms with Gasteiger partial charge in [-0.25, -0.2) is 14.3 Å². The average molecular weight is 345 g/mol. The Morgan fingerprint density at radius 1 is 1.53 bits per heavy atom. The van der Waals surface area contributed by atoms with E-state index in [-0.39, 0.29) is 6.09 Å². The third kappa shape index (κ3) is 2.46. The predicted molar refractivity (Wildman–Crippen MR) is 74.5 cm³/mol. The molecular formula is C11H13BrN4O2S. The number of halogens is 1. The minimum Gasteiger partial charge on any atom is -0.453 e. The Kier molecular flexibility index (Phi) is 3.44. The van der Waals surface area contributed by atoms with E-state index in [1.165, 1.54) is 18.4 Å². The van der Waals surface area contributed by atoms with Crippen molar-refractivity contribution < 1.29 is 9.53 Å². The first-order valence-electron chi connectivity index (χ1n) is 6.02. The fourth-order valence-electron chi connectivity index (χ4n) is 2.38. The van der Waals surface area contributed by atoms with Crippen molar-refractivity contribution in [3.05, 3.63) is 15.8 Å². The summed E-state index contributed by atoms with van der Waals surface area (Å²) in [6, 6.07) is 0. The number of nitrogens with zero attached hydrogens (tertiary/aromatic N) is 4. The van der Waals surface area contributed by atoms with Crippen LogP contribution in [0.15, 0.2) is 10.1 Å². The molecule has 1 saturated heterocycles. The normalized spacial score (nSPS) is 17.1. The summed E-state index contributed by atoms with van der Waals surface area (Å²) in [5.74, 6) is 0.397. The van der Waals surface area contributed by atoms with Gasteiger partial charge in [0.1, 0.15) is 0 Å². The molecule has 0 atom stereocenters. The number of methoxy groups -OCH3 is 1. The molecule has 0 radical (unpaired) electrons. The molecular weight excluding hydrogens is 332 g/mol. The number of amides is 1. The molecule has 1 aliphatic rings. The fourth-order valence-corrected chi connectivity index (χ4v) is 3.60. The van der Waals surface area contributed by atoms with Crippen molar-refractivity contribution in [2.75, 3.05) is 20.2 Å². The van der Waals surface area contributed by atoms with Crippen LogP contribution < -0.4 is 0 Å². The second-order valence-electron chi connectivity index (χ2n) is 4.48. The van der Waals surface area contributed by atoms with Crippen LogP contribution in [0.2, 0.25) is 0 Å². The molecule has 3 rings (SSSR count). The van der Waals surface area contributed by atoms with Crippen LogP contribution in [0.5, 0.6) is 0 Å². The van der Waals surface area contributed by atoms with Gasteiger partial charge in [-0.1, -0.05) is 11.3 Å². The first-order chi connectivity index (χ1) is 9.17. The average Bonchev–Trinajstić information content (AvgIpc) is 2.95. The summed E-state index contributed by atoms with van der Waals surface area (Å²) >= 11 is 4.86. The van der Waals surface area contributed by atoms with E-state index in [1.54, 1.807) is 9.42 Å². The quantitative estimate of drug-likeness (QED) is 0.797. The Balaban J connectivity index is 1.70. The number of piperidine rings is 1. The fraction of sp³-hybridized carbons (Fsp3) is 0.545. The summed E-state index contributed by atoms with van der Waals surface area (Å²) in [4.78, 5) is 18.7. The van der Waals surface area contributed by atoms with Crippen molar-refractivity contribution in [1.29, 1.82) is 0 Å². The first kappa shape index (κ1) is 12.9. The number of imidazole rings is 1. The lowest BCUT2D eigenvalue weighted by Gasteiger charge is -2.29. The third-order valence-corrected chi connectivity index (χ3v) is 4.74. The molecule has 1 aliphatic heterocycles. The minimum absolute atomic E-state index is 0.241. The van der Waals surface area contributed by atoms with Gasteiger partial charge >= 0.3 is 6.09 Å². The van der Waals surface area contributed by atoms with Gasteiger partial charge in [0.25, 0.3) is 0 Å². The van der Waals surface area contributed by atoms with Crippen LogP contribution in [0.4, 0.5) is 4.79 Å². The summed E-state index contributed by atoms with van der Waals surface area (Å²) in [5.41, 5.74) is 1.07. The molecule has 3 heterocycles. The van der Waals surface area contributed by atoms with Crippen LogP contribution in [-0.2, 0) is 4.74 Å². The van der Waals surface area contributed by atoms with Crippen molar-refractivity contribution >= 4 is 38.3 Å². The van der Waals surface area contributed by atoms with Gasteiger partial charge in [0.15, 0.2) is 3.92 Å². The zero-order valence-corrected chi connectivity index (χ0v) is 12.8. The van der Waals surface area contributed by atoms with Gasteiger partial charge < -0.3 is 9.64 Å². The van der Waals surface area contributed by atoms with Crippen molar-refractivity contribution in [2.45, 2.75) is 18.8 Å². The number of rotatable bonds is 1. The van der Waals surface area contributed by atoms with Crippen molar-refractivity contribution in [3.8, 4) is 0 Å². The van der Waals surface area contributed by atoms with Gasteiger partial charge in [-0.15, -0.1) is 5.10 Å². The Labute approximate surface area is 122 Å². The van der Waals surface area contributed by atoms with Crippen LogP contribution in [-0.4, -0.2) is 45.8 Å². The van der Waals surface area contributed by atoms with Gasteiger partial charge in [0.2, 0.25) is 4.96 Å². The first-order valence-corrected chi connectivity index (χ1v) is 7.63. The third-order valence-electron chi connectivity index (χ3n) is 3.38. The number of aromatic nitrogens is 3. The van der Waals surface area contributed by atoms with Crippen molar-refractivity contribution in [2.24, 2.45) is 0 Å². The van der Waals surface area contributed by atoms with Crippen LogP contribution in [0, 0.1) is 0 Å². The second kappa shape index (κ2) is 5.09. The SMILES string of the molecule is COC(=O)N1CCC(c2cn3nc(Br)sc3n2)CC1. The standard InChI is InChI=1S/C11H13BrN4O2S/c1-18-11(17)15-4-2-7(3-5-15)8-6-16-10(13-8)19-9(12)14-16/h6-7H,2-5H2,1H3. The molecule has 0 bridgehead atoms. The highest BCUT2D eigenvalue weighted by Gasteiger charge is 2.26. The highest BCUT2D eigenvalue weighted by atomic mass is 79.9. The van der Waals surface area contributed by atoms with E-state index >= 15 is 0 Å². The lowest BCUT2D eigenvalue weighted by atomic mass is 9.94. The summed E-state index contributed by atoms with van der Waals surface area (Å²) in [7, 11) is 1.42. The smallest absolute Gasteiger partial charge is 0.409 e. The summed E-state index contributed by atoms with van der Waals surface area (Å²) in [6.07, 6.45) is 3.58. The maximum absolute atomic E-state index is 11.4. The van der Waals surface area contributed by atoms with E-state index in [9.17, 15) is 4.79 Å². The Bertz CT molecular complexity index is 571. The van der Waals surface area contributed by atoms with Crippen LogP contribution in [0.1, 0.15) is 24.5 Å². The minimum atomic E-state index is -0.241. The molecule has 19 heavy (non-hydrogen) atoms. The van der Waals surface area contributed by atoms with E-state index < -0.39 is 0 Å². The lowest BCUT2D eigenvalue weighted by molar-refractivity contribution is 0.112. The largest absolute Gasteiger partial charge is 0.453 e. The van der Waals surface area contributed by atoms with Gasteiger partial charge in [-0.3, -0.25) is 0 Å². The molecule has 0 saturated carbocycles. The number of fused-ring (bicyclic) bond motifs is 1. The lowest BCUT2D eigenvalue weighted by Crippen LogP contribution is -2.37. The zero-order chi connectivity index (χ0) is 13.4. The Morgan fingerprint density at radius 3 is 2.89 bits per heavy atom. The zero-order valence-electron chi connectivity index (χ0n) is 10.4. The molecule has 0 spiro atoms. The Hall–Kier alpha value is -1.15. The number of likely N-dealkylation sites (tertiary alicyclic amines) is 1. The van der Waals surface area contributed by atoms with Crippen molar-refractivity contribution in [3.63, 3.8) is 0 Å². The summed E-state index contributed by atoms with van der Waals surface area (Å²) in [6.45, 7) is 1.44. The van der Waals surface area contributed by atoms with E-state index in [0.29, 0.717) is 5.92 Å². The number of carbonyl (C=O) groups is 1. The molecule has 0 aliphatic carbocycles. The second-order valence-corrected chi connectivity index (χ2v) is 6.71. The molecule has 0 N–H and O–H groups in total. The van der Waals surface area contributed by atoms with Crippen LogP contribution in [0.3, 0.4) is 0 Å². The summed E-state index contributed by atoms with van der Waals surface area (Å²) < 4.78 is 7.37. The van der Waals surface area contributed by atoms with Crippen LogP contribution >= 0.6 is 27.3 Å². The molecule has 6 nitrogen and oxygen atoms in total. The topological polar surface area (TPSA) is 59.7 Å². The number of hydrogen-bond acceptors (Lipinski definition) is 5. The summed E-state index contributed by atoms with van der Waals surface area (Å²) in [5, 5.41) is 4.29. The van der Waals surface area contributed by atoms with E-state index in [1.807, 2.05) is 6.20 Å². The molecule has 8 heteroatoms. The number of carbonyl (C=O) groups excluding carboxylic acids is 1. The van der Waals surface area contributed by atoms with Gasteiger partial charge in [0.05, 0.1) is 19.0 Å². The van der Waals surface area contributed by atoms with Crippen LogP contribution in [0.25, 0.3) is 4.96 Å². The molecule has 1 amide bonds. The molecule has 0 aromatic carbocycles. The predicted octanol–water partition coefficient (Wildman–Crippen LogP) is 2.50.